The van der Waals surface area contributed by atoms with Gasteiger partial charge in [-0.1, -0.05) is 275 Å². The normalized spacial score (nSPS) is 12.3. The third kappa shape index (κ3) is 58.1. The van der Waals surface area contributed by atoms with Gasteiger partial charge in [0.05, 0.1) is 0 Å². The molecule has 414 valence electrons. The molecule has 0 saturated carbocycles. The van der Waals surface area contributed by atoms with Crippen molar-refractivity contribution in [2.24, 2.45) is 0 Å². The van der Waals surface area contributed by atoms with Crippen LogP contribution in [0.5, 0.6) is 0 Å². The average molecular weight is 996 g/mol. The molecule has 1 atom stereocenters. The summed E-state index contributed by atoms with van der Waals surface area (Å²) in [5.74, 6) is -0.888. The highest BCUT2D eigenvalue weighted by Crippen LogP contribution is 2.17. The summed E-state index contributed by atoms with van der Waals surface area (Å²) < 4.78 is 16.9. The van der Waals surface area contributed by atoms with Gasteiger partial charge in [0, 0.05) is 19.3 Å². The van der Waals surface area contributed by atoms with E-state index in [-0.39, 0.29) is 31.1 Å². The highest BCUT2D eigenvalue weighted by atomic mass is 16.6. The maximum atomic E-state index is 12.9. The van der Waals surface area contributed by atoms with Gasteiger partial charge in [-0.15, -0.1) is 0 Å². The number of hydrogen-bond donors (Lipinski definition) is 0. The van der Waals surface area contributed by atoms with Crippen LogP contribution in [0.2, 0.25) is 0 Å². The third-order valence-corrected chi connectivity index (χ3v) is 13.8. The fraction of sp³-hybridized carbons (Fsp3) is 0.831. The maximum Gasteiger partial charge on any atom is 0.306 e. The zero-order valence-electron chi connectivity index (χ0n) is 47.5. The smallest absolute Gasteiger partial charge is 0.306 e. The van der Waals surface area contributed by atoms with Crippen molar-refractivity contribution in [2.75, 3.05) is 13.2 Å². The molecular weight excluding hydrogens is 877 g/mol. The van der Waals surface area contributed by atoms with Gasteiger partial charge in [-0.2, -0.15) is 0 Å². The van der Waals surface area contributed by atoms with E-state index in [1.807, 2.05) is 0 Å². The lowest BCUT2D eigenvalue weighted by molar-refractivity contribution is -0.167. The second-order valence-corrected chi connectivity index (χ2v) is 21.0. The molecule has 6 nitrogen and oxygen atoms in total. The first-order valence-corrected chi connectivity index (χ1v) is 31.1. The SMILES string of the molecule is CCCCC/C=C\C/C=C\C/C=C\CCCCCCC(=O)O[C@H](COC(=O)CCCCCCCCC/C=C\CCCCCC)COC(=O)CCCCCCCCCCCCCCCCCCCCCCC. The molecule has 0 aliphatic carbocycles. The van der Waals surface area contributed by atoms with Crippen LogP contribution < -0.4 is 0 Å². The van der Waals surface area contributed by atoms with E-state index in [0.29, 0.717) is 19.3 Å². The lowest BCUT2D eigenvalue weighted by Gasteiger charge is -2.18. The van der Waals surface area contributed by atoms with Crippen molar-refractivity contribution in [2.45, 2.75) is 335 Å². The number of unbranched alkanes of at least 4 members (excludes halogenated alkanes) is 38. The second-order valence-electron chi connectivity index (χ2n) is 21.0. The molecule has 0 rings (SSSR count). The number of esters is 3. The van der Waals surface area contributed by atoms with Gasteiger partial charge in [0.25, 0.3) is 0 Å². The summed E-state index contributed by atoms with van der Waals surface area (Å²) in [5.41, 5.74) is 0. The summed E-state index contributed by atoms with van der Waals surface area (Å²) in [6.07, 6.45) is 73.9. The van der Waals surface area contributed by atoms with Crippen molar-refractivity contribution < 1.29 is 28.6 Å². The molecule has 0 unspecified atom stereocenters. The second kappa shape index (κ2) is 59.9. The largest absolute Gasteiger partial charge is 0.462 e. The van der Waals surface area contributed by atoms with E-state index in [9.17, 15) is 14.4 Å². The highest BCUT2D eigenvalue weighted by molar-refractivity contribution is 5.71. The Morgan fingerprint density at radius 3 is 0.845 bits per heavy atom. The van der Waals surface area contributed by atoms with E-state index < -0.39 is 6.10 Å². The molecule has 0 saturated heterocycles. The third-order valence-electron chi connectivity index (χ3n) is 13.8. The molecular formula is C65H118O6. The Morgan fingerprint density at radius 1 is 0.282 bits per heavy atom. The molecule has 0 aromatic rings. The Balaban J connectivity index is 4.35. The summed E-state index contributed by atoms with van der Waals surface area (Å²) in [6.45, 7) is 6.63. The van der Waals surface area contributed by atoms with E-state index >= 15 is 0 Å². The predicted octanol–water partition coefficient (Wildman–Crippen LogP) is 21.0. The molecule has 0 aliphatic rings. The lowest BCUT2D eigenvalue weighted by Crippen LogP contribution is -2.30. The van der Waals surface area contributed by atoms with E-state index in [1.165, 1.54) is 205 Å². The number of carbonyl (C=O) groups excluding carboxylic acids is 3. The summed E-state index contributed by atoms with van der Waals surface area (Å²) in [4.78, 5) is 38.3. The van der Waals surface area contributed by atoms with E-state index in [2.05, 4.69) is 69.4 Å². The van der Waals surface area contributed by atoms with Crippen molar-refractivity contribution >= 4 is 17.9 Å². The first kappa shape index (κ1) is 68.4. The molecule has 6 heteroatoms. The van der Waals surface area contributed by atoms with Crippen molar-refractivity contribution in [1.82, 2.24) is 0 Å². The van der Waals surface area contributed by atoms with Gasteiger partial charge in [0.1, 0.15) is 13.2 Å². The Hall–Kier alpha value is -2.63. The van der Waals surface area contributed by atoms with E-state index in [0.717, 1.165) is 83.5 Å². The zero-order valence-corrected chi connectivity index (χ0v) is 47.5. The molecule has 0 aromatic carbocycles. The lowest BCUT2D eigenvalue weighted by atomic mass is 10.0. The number of allylic oxidation sites excluding steroid dienone is 8. The summed E-state index contributed by atoms with van der Waals surface area (Å²) in [6, 6.07) is 0. The van der Waals surface area contributed by atoms with Gasteiger partial charge >= 0.3 is 17.9 Å². The molecule has 0 bridgehead atoms. The minimum atomic E-state index is -0.785. The van der Waals surface area contributed by atoms with Crippen LogP contribution >= 0.6 is 0 Å². The molecule has 71 heavy (non-hydrogen) atoms. The van der Waals surface area contributed by atoms with Gasteiger partial charge < -0.3 is 14.2 Å². The van der Waals surface area contributed by atoms with Gasteiger partial charge in [0.15, 0.2) is 6.10 Å². The zero-order chi connectivity index (χ0) is 51.4. The predicted molar refractivity (Wildman–Crippen MR) is 307 cm³/mol. The fourth-order valence-corrected chi connectivity index (χ4v) is 9.09. The fourth-order valence-electron chi connectivity index (χ4n) is 9.09. The van der Waals surface area contributed by atoms with E-state index in [1.54, 1.807) is 0 Å². The molecule has 0 aliphatic heterocycles. The molecule has 0 spiro atoms. The topological polar surface area (TPSA) is 78.9 Å². The Labute approximate surface area is 441 Å². The first-order valence-electron chi connectivity index (χ1n) is 31.1. The highest BCUT2D eigenvalue weighted by Gasteiger charge is 2.19. The van der Waals surface area contributed by atoms with Crippen LogP contribution in [-0.4, -0.2) is 37.2 Å². The molecule has 0 aromatic heterocycles. The van der Waals surface area contributed by atoms with Crippen molar-refractivity contribution in [3.05, 3.63) is 48.6 Å². The van der Waals surface area contributed by atoms with Crippen molar-refractivity contribution in [3.63, 3.8) is 0 Å². The minimum absolute atomic E-state index is 0.0802. The van der Waals surface area contributed by atoms with Crippen LogP contribution in [-0.2, 0) is 28.6 Å². The summed E-state index contributed by atoms with van der Waals surface area (Å²) >= 11 is 0. The Morgan fingerprint density at radius 2 is 0.507 bits per heavy atom. The minimum Gasteiger partial charge on any atom is -0.462 e. The summed E-state index contributed by atoms with van der Waals surface area (Å²) in [5, 5.41) is 0. The summed E-state index contributed by atoms with van der Waals surface area (Å²) in [7, 11) is 0. The standard InChI is InChI=1S/C65H118O6/c1-4-7-10-13-16-19-22-25-28-30-31-32-33-35-37-40-43-46-49-52-55-58-64(67)70-61-62(60-69-63(66)57-54-51-48-45-42-39-36-27-24-21-18-15-12-9-6-3)71-65(68)59-56-53-50-47-44-41-38-34-29-26-23-20-17-14-11-8-5-2/h17,20-21,24,26,29,38,41,62H,4-16,18-19,22-23,25,27-28,30-37,39-40,42-61H2,1-3H3/b20-17-,24-21-,29-26-,41-38-/t62-/m1/s1. The van der Waals surface area contributed by atoms with Gasteiger partial charge in [0.2, 0.25) is 0 Å². The van der Waals surface area contributed by atoms with Crippen molar-refractivity contribution in [1.29, 1.82) is 0 Å². The first-order chi connectivity index (χ1) is 35.0. The molecule has 0 amide bonds. The Bertz CT molecular complexity index is 1230. The van der Waals surface area contributed by atoms with Crippen LogP contribution in [0.3, 0.4) is 0 Å². The number of carbonyl (C=O) groups is 3. The van der Waals surface area contributed by atoms with Gasteiger partial charge in [-0.05, 0) is 83.5 Å². The van der Waals surface area contributed by atoms with Crippen LogP contribution in [0.25, 0.3) is 0 Å². The van der Waals surface area contributed by atoms with Crippen LogP contribution in [0.15, 0.2) is 48.6 Å². The van der Waals surface area contributed by atoms with Gasteiger partial charge in [-0.3, -0.25) is 14.4 Å². The van der Waals surface area contributed by atoms with Gasteiger partial charge in [-0.25, -0.2) is 0 Å². The monoisotopic (exact) mass is 995 g/mol. The quantitative estimate of drug-likeness (QED) is 0.0261. The van der Waals surface area contributed by atoms with E-state index in [4.69, 9.17) is 14.2 Å². The molecule has 0 fully saturated rings. The number of rotatable bonds is 57. The molecule has 0 N–H and O–H groups in total. The number of hydrogen-bond acceptors (Lipinski definition) is 6. The maximum absolute atomic E-state index is 12.9. The number of ether oxygens (including phenoxy) is 3. The Kier molecular flexibility index (Phi) is 57.7. The van der Waals surface area contributed by atoms with Crippen LogP contribution in [0.1, 0.15) is 329 Å². The van der Waals surface area contributed by atoms with Crippen LogP contribution in [0, 0.1) is 0 Å². The van der Waals surface area contributed by atoms with Crippen LogP contribution in [0.4, 0.5) is 0 Å². The van der Waals surface area contributed by atoms with Crippen molar-refractivity contribution in [3.8, 4) is 0 Å². The molecule has 0 radical (unpaired) electrons. The average Bonchev–Trinajstić information content (AvgIpc) is 3.37. The molecule has 0 heterocycles.